The molecule has 174 valence electrons. The lowest BCUT2D eigenvalue weighted by Crippen LogP contribution is -2.37. The Morgan fingerprint density at radius 1 is 0.886 bits per heavy atom. The van der Waals surface area contributed by atoms with Crippen LogP contribution in [0.4, 0.5) is 0 Å². The van der Waals surface area contributed by atoms with Gasteiger partial charge in [-0.15, -0.1) is 0 Å². The molecule has 4 atom stereocenters. The summed E-state index contributed by atoms with van der Waals surface area (Å²) in [5.41, 5.74) is 3.34. The van der Waals surface area contributed by atoms with Gasteiger partial charge in [0.2, 0.25) is 0 Å². The number of nitrogens with zero attached hydrogens (tertiary/aromatic N) is 1. The molecule has 1 aliphatic heterocycles. The minimum atomic E-state index is -3.28. The van der Waals surface area contributed by atoms with E-state index in [0.29, 0.717) is 12.8 Å². The molecule has 3 nitrogen and oxygen atoms in total. The molecule has 4 aromatic rings. The normalized spacial score (nSPS) is 27.5. The van der Waals surface area contributed by atoms with E-state index in [-0.39, 0.29) is 12.0 Å². The summed E-state index contributed by atoms with van der Waals surface area (Å²) in [5, 5.41) is 2.28. The van der Waals surface area contributed by atoms with Crippen molar-refractivity contribution in [3.05, 3.63) is 120 Å². The van der Waals surface area contributed by atoms with Gasteiger partial charge in [-0.1, -0.05) is 103 Å². The predicted octanol–water partition coefficient (Wildman–Crippen LogP) is 6.95. The van der Waals surface area contributed by atoms with Crippen molar-refractivity contribution in [1.82, 2.24) is 4.67 Å². The summed E-state index contributed by atoms with van der Waals surface area (Å²) in [6.45, 7) is 0. The first-order valence-electron chi connectivity index (χ1n) is 12.2. The topological polar surface area (TPSA) is 37.4 Å². The van der Waals surface area contributed by atoms with Crippen molar-refractivity contribution in [3.63, 3.8) is 0 Å². The van der Waals surface area contributed by atoms with Crippen LogP contribution in [0.15, 0.2) is 103 Å². The molecular formula is C31H28NO2P. The number of rotatable bonds is 5. The van der Waals surface area contributed by atoms with Crippen molar-refractivity contribution >= 4 is 35.7 Å². The first-order chi connectivity index (χ1) is 17.1. The number of carbonyl (C=O) groups excluding carboxylic acids is 1. The molecule has 1 unspecified atom stereocenters. The Morgan fingerprint density at radius 2 is 1.60 bits per heavy atom. The summed E-state index contributed by atoms with van der Waals surface area (Å²) in [5.74, 6) is -0.0328. The number of benzene rings is 4. The van der Waals surface area contributed by atoms with Crippen LogP contribution in [0.3, 0.4) is 0 Å². The van der Waals surface area contributed by atoms with Crippen LogP contribution in [0.5, 0.6) is 0 Å². The molecule has 0 amide bonds. The number of carbonyl (C=O) groups is 1. The van der Waals surface area contributed by atoms with Crippen LogP contribution in [0, 0.1) is 5.92 Å². The molecule has 0 N–H and O–H groups in total. The molecule has 1 heterocycles. The maximum atomic E-state index is 16.1. The second-order valence-electron chi connectivity index (χ2n) is 9.61. The van der Waals surface area contributed by atoms with Crippen molar-refractivity contribution < 1.29 is 9.36 Å². The van der Waals surface area contributed by atoms with E-state index in [9.17, 15) is 4.79 Å². The van der Waals surface area contributed by atoms with Crippen molar-refractivity contribution in [1.29, 1.82) is 0 Å². The lowest BCUT2D eigenvalue weighted by molar-refractivity contribution is -0.108. The van der Waals surface area contributed by atoms with E-state index in [4.69, 9.17) is 0 Å². The van der Waals surface area contributed by atoms with Gasteiger partial charge in [-0.2, -0.15) is 0 Å². The van der Waals surface area contributed by atoms with E-state index in [1.165, 1.54) is 0 Å². The summed E-state index contributed by atoms with van der Waals surface area (Å²) in [7, 11) is -1.26. The average Bonchev–Trinajstić information content (AvgIpc) is 3.12. The number of hydrogen-bond donors (Lipinski definition) is 0. The molecule has 0 aromatic heterocycles. The summed E-state index contributed by atoms with van der Waals surface area (Å²) in [4.78, 5) is 11.8. The third-order valence-corrected chi connectivity index (χ3v) is 12.1. The Morgan fingerprint density at radius 3 is 2.43 bits per heavy atom. The van der Waals surface area contributed by atoms with Crippen molar-refractivity contribution in [2.75, 3.05) is 7.05 Å². The van der Waals surface area contributed by atoms with Gasteiger partial charge in [-0.3, -0.25) is 0 Å². The van der Waals surface area contributed by atoms with Crippen LogP contribution in [-0.4, -0.2) is 18.0 Å². The zero-order chi connectivity index (χ0) is 24.0. The van der Waals surface area contributed by atoms with E-state index in [2.05, 4.69) is 71.4 Å². The summed E-state index contributed by atoms with van der Waals surface area (Å²) in [6.07, 6.45) is 6.32. The SMILES string of the molecule is CN1[C@H](c2ccccc2)[C@@H]2C=Cc3ccccc3[C@]2(CCC=O)P1(=O)c1cccc2ccccc12. The van der Waals surface area contributed by atoms with Crippen LogP contribution in [0.1, 0.15) is 35.6 Å². The Hall–Kier alpha value is -3.26. The molecule has 1 saturated heterocycles. The standard InChI is InChI=1S/C31H28NO2P/c1-32-30(25-13-3-2-4-14-25)28-20-19-24-12-6-8-17-27(24)31(28,21-10-22-33)35(32,34)29-18-9-15-23-11-5-7-16-26(23)29/h2-9,11-20,22,28,30H,10,21H2,1H3/t28-,30+,31-,35?/m0/s1. The van der Waals surface area contributed by atoms with Gasteiger partial charge in [0.1, 0.15) is 6.29 Å². The quantitative estimate of drug-likeness (QED) is 0.231. The van der Waals surface area contributed by atoms with E-state index >= 15 is 4.57 Å². The fourth-order valence-electron chi connectivity index (χ4n) is 6.67. The second kappa shape index (κ2) is 8.45. The van der Waals surface area contributed by atoms with E-state index in [1.807, 2.05) is 49.5 Å². The van der Waals surface area contributed by atoms with Gasteiger partial charge < -0.3 is 9.36 Å². The van der Waals surface area contributed by atoms with E-state index in [1.54, 1.807) is 0 Å². The summed E-state index contributed by atoms with van der Waals surface area (Å²) in [6, 6.07) is 33.0. The minimum Gasteiger partial charge on any atom is -0.303 e. The van der Waals surface area contributed by atoms with Crippen LogP contribution < -0.4 is 5.30 Å². The highest BCUT2D eigenvalue weighted by Crippen LogP contribution is 2.79. The average molecular weight is 478 g/mol. The van der Waals surface area contributed by atoms with Crippen molar-refractivity contribution in [2.24, 2.45) is 5.92 Å². The highest BCUT2D eigenvalue weighted by atomic mass is 31.2. The van der Waals surface area contributed by atoms with Crippen molar-refractivity contribution in [3.8, 4) is 0 Å². The Labute approximate surface area is 206 Å². The molecule has 2 aliphatic rings. The summed E-state index contributed by atoms with van der Waals surface area (Å²) < 4.78 is 18.2. The highest BCUT2D eigenvalue weighted by molar-refractivity contribution is 7.71. The molecular weight excluding hydrogens is 449 g/mol. The van der Waals surface area contributed by atoms with Crippen LogP contribution in [0.2, 0.25) is 0 Å². The summed E-state index contributed by atoms with van der Waals surface area (Å²) >= 11 is 0. The molecule has 4 heteroatoms. The lowest BCUT2D eigenvalue weighted by Gasteiger charge is -2.43. The number of hydrogen-bond acceptors (Lipinski definition) is 2. The smallest absolute Gasteiger partial charge is 0.190 e. The fraction of sp³-hybridized carbons (Fsp3) is 0.194. The predicted molar refractivity (Wildman–Crippen MR) is 144 cm³/mol. The second-order valence-corrected chi connectivity index (χ2v) is 12.7. The molecule has 0 radical (unpaired) electrons. The molecule has 0 bridgehead atoms. The maximum Gasteiger partial charge on any atom is 0.190 e. The third kappa shape index (κ3) is 3.02. The van der Waals surface area contributed by atoms with Gasteiger partial charge in [-0.25, -0.2) is 4.67 Å². The largest absolute Gasteiger partial charge is 0.303 e. The third-order valence-electron chi connectivity index (χ3n) is 8.07. The molecule has 0 saturated carbocycles. The van der Waals surface area contributed by atoms with Gasteiger partial charge in [-0.05, 0) is 47.0 Å². The Bertz CT molecular complexity index is 1490. The monoisotopic (exact) mass is 477 g/mol. The van der Waals surface area contributed by atoms with Gasteiger partial charge in [0.15, 0.2) is 7.29 Å². The lowest BCUT2D eigenvalue weighted by atomic mass is 9.71. The van der Waals surface area contributed by atoms with Gasteiger partial charge >= 0.3 is 0 Å². The van der Waals surface area contributed by atoms with Gasteiger partial charge in [0, 0.05) is 23.7 Å². The molecule has 0 spiro atoms. The number of fused-ring (bicyclic) bond motifs is 4. The van der Waals surface area contributed by atoms with E-state index in [0.717, 1.165) is 39.1 Å². The zero-order valence-electron chi connectivity index (χ0n) is 19.7. The van der Waals surface area contributed by atoms with Crippen LogP contribution >= 0.6 is 7.29 Å². The fourth-order valence-corrected chi connectivity index (χ4v) is 11.0. The van der Waals surface area contributed by atoms with E-state index < -0.39 is 12.4 Å². The molecule has 4 aromatic carbocycles. The van der Waals surface area contributed by atoms with Gasteiger partial charge in [0.25, 0.3) is 0 Å². The molecule has 1 fully saturated rings. The Kier molecular flexibility index (Phi) is 5.36. The molecule has 35 heavy (non-hydrogen) atoms. The van der Waals surface area contributed by atoms with Gasteiger partial charge in [0.05, 0.1) is 5.16 Å². The molecule has 6 rings (SSSR count). The van der Waals surface area contributed by atoms with Crippen LogP contribution in [0.25, 0.3) is 16.8 Å². The maximum absolute atomic E-state index is 16.1. The van der Waals surface area contributed by atoms with Crippen molar-refractivity contribution in [2.45, 2.75) is 24.0 Å². The van der Waals surface area contributed by atoms with Crippen LogP contribution in [-0.2, 0) is 14.5 Å². The molecule has 1 aliphatic carbocycles. The minimum absolute atomic E-state index is 0.0328. The first kappa shape index (κ1) is 22.2. The Balaban J connectivity index is 1.73. The highest BCUT2D eigenvalue weighted by Gasteiger charge is 2.66. The zero-order valence-corrected chi connectivity index (χ0v) is 20.6. The number of aldehydes is 1. The first-order valence-corrected chi connectivity index (χ1v) is 13.9.